The Bertz CT molecular complexity index is 604. The van der Waals surface area contributed by atoms with Gasteiger partial charge in [-0.15, -0.1) is 0 Å². The Hall–Kier alpha value is -1.15. The number of carbonyl (C=O) groups is 1. The Balaban J connectivity index is 2.00. The molecule has 1 atom stereocenters. The summed E-state index contributed by atoms with van der Waals surface area (Å²) in [5, 5.41) is 0. The van der Waals surface area contributed by atoms with E-state index in [2.05, 4.69) is 47.6 Å². The van der Waals surface area contributed by atoms with Gasteiger partial charge in [-0.05, 0) is 70.3 Å². The van der Waals surface area contributed by atoms with Crippen molar-refractivity contribution in [3.05, 3.63) is 33.9 Å². The van der Waals surface area contributed by atoms with Crippen LogP contribution < -0.4 is 0 Å². The molecule has 0 aromatic heterocycles. The smallest absolute Gasteiger partial charge is 0.167 e. The number of fused-ring (bicyclic) bond motifs is 1. The quantitative estimate of drug-likeness (QED) is 0.753. The van der Waals surface area contributed by atoms with Gasteiger partial charge >= 0.3 is 0 Å². The first-order chi connectivity index (χ1) is 9.67. The molecule has 1 fully saturated rings. The topological polar surface area (TPSA) is 26.3 Å². The Morgan fingerprint density at radius 1 is 1.29 bits per heavy atom. The van der Waals surface area contributed by atoms with Crippen molar-refractivity contribution in [1.82, 2.24) is 0 Å². The third-order valence-electron chi connectivity index (χ3n) is 5.46. The molecule has 21 heavy (non-hydrogen) atoms. The van der Waals surface area contributed by atoms with E-state index in [9.17, 15) is 4.79 Å². The van der Waals surface area contributed by atoms with Crippen molar-refractivity contribution in [2.75, 3.05) is 6.61 Å². The second-order valence-corrected chi connectivity index (χ2v) is 7.86. The second kappa shape index (κ2) is 4.42. The molecule has 0 saturated heterocycles. The van der Waals surface area contributed by atoms with Crippen LogP contribution in [0.15, 0.2) is 33.9 Å². The first-order valence-electron chi connectivity index (χ1n) is 7.99. The lowest BCUT2D eigenvalue weighted by atomic mass is 9.70. The van der Waals surface area contributed by atoms with Crippen molar-refractivity contribution in [1.29, 1.82) is 0 Å². The zero-order valence-corrected chi connectivity index (χ0v) is 14.1. The Labute approximate surface area is 127 Å². The number of carbonyl (C=O) groups excluding carboxylic acids is 1. The lowest BCUT2D eigenvalue weighted by Crippen LogP contribution is -2.31. The number of ether oxygens (including phenoxy) is 1. The molecule has 0 heterocycles. The lowest BCUT2D eigenvalue weighted by Gasteiger charge is -2.33. The lowest BCUT2D eigenvalue weighted by molar-refractivity contribution is -0.120. The predicted molar refractivity (Wildman–Crippen MR) is 85.0 cm³/mol. The molecule has 0 radical (unpaired) electrons. The molecular weight excluding hydrogens is 260 g/mol. The van der Waals surface area contributed by atoms with Gasteiger partial charge in [0.05, 0.1) is 12.2 Å². The minimum absolute atomic E-state index is 0.142. The van der Waals surface area contributed by atoms with Gasteiger partial charge < -0.3 is 4.74 Å². The molecule has 3 rings (SSSR count). The molecule has 0 aromatic rings. The van der Waals surface area contributed by atoms with Gasteiger partial charge in [0.2, 0.25) is 0 Å². The van der Waals surface area contributed by atoms with Crippen molar-refractivity contribution >= 4 is 5.78 Å². The van der Waals surface area contributed by atoms with E-state index in [-0.39, 0.29) is 16.9 Å². The van der Waals surface area contributed by atoms with Crippen LogP contribution in [-0.2, 0) is 9.53 Å². The molecule has 1 spiro atoms. The van der Waals surface area contributed by atoms with Crippen molar-refractivity contribution in [2.45, 2.75) is 60.0 Å². The molecule has 0 aliphatic heterocycles. The summed E-state index contributed by atoms with van der Waals surface area (Å²) in [4.78, 5) is 12.7. The van der Waals surface area contributed by atoms with E-state index in [1.165, 1.54) is 22.3 Å². The normalized spacial score (nSPS) is 27.4. The van der Waals surface area contributed by atoms with E-state index in [1.807, 2.05) is 0 Å². The summed E-state index contributed by atoms with van der Waals surface area (Å²) in [6, 6.07) is 0. The maximum Gasteiger partial charge on any atom is 0.167 e. The van der Waals surface area contributed by atoms with Gasteiger partial charge in [-0.1, -0.05) is 12.5 Å². The summed E-state index contributed by atoms with van der Waals surface area (Å²) in [6.45, 7) is 13.3. The number of hydrogen-bond acceptors (Lipinski definition) is 2. The van der Waals surface area contributed by atoms with Crippen LogP contribution in [0.5, 0.6) is 0 Å². The van der Waals surface area contributed by atoms with Crippen molar-refractivity contribution in [3.63, 3.8) is 0 Å². The third kappa shape index (κ3) is 2.15. The van der Waals surface area contributed by atoms with Crippen molar-refractivity contribution in [3.8, 4) is 0 Å². The van der Waals surface area contributed by atoms with Gasteiger partial charge in [0, 0.05) is 16.9 Å². The summed E-state index contributed by atoms with van der Waals surface area (Å²) in [5.41, 5.74) is 5.98. The molecule has 1 saturated carbocycles. The van der Waals surface area contributed by atoms with Gasteiger partial charge in [0.15, 0.2) is 5.78 Å². The predicted octanol–water partition coefficient (Wildman–Crippen LogP) is 4.37. The maximum absolute atomic E-state index is 12.7. The summed E-state index contributed by atoms with van der Waals surface area (Å²) >= 11 is 0. The monoisotopic (exact) mass is 286 g/mol. The highest BCUT2D eigenvalue weighted by Crippen LogP contribution is 2.63. The fourth-order valence-corrected chi connectivity index (χ4v) is 3.83. The molecule has 114 valence electrons. The van der Waals surface area contributed by atoms with Crippen LogP contribution in [0.2, 0.25) is 0 Å². The van der Waals surface area contributed by atoms with Gasteiger partial charge in [0.1, 0.15) is 0 Å². The summed E-state index contributed by atoms with van der Waals surface area (Å²) in [7, 11) is 0. The van der Waals surface area contributed by atoms with E-state index < -0.39 is 0 Å². The standard InChI is InChI=1S/C19H26O2/c1-11-9-14-16(15(11)10-21-18(4,5)6)12(2)19(7-8-19)13(3)17(14)20/h9,13H,7-8,10H2,1-6H3/t13-/m1/s1. The largest absolute Gasteiger partial charge is 0.371 e. The van der Waals surface area contributed by atoms with Gasteiger partial charge in [0.25, 0.3) is 0 Å². The van der Waals surface area contributed by atoms with Crippen LogP contribution in [-0.4, -0.2) is 18.0 Å². The number of hydrogen-bond donors (Lipinski definition) is 0. The SMILES string of the molecule is CC1=C(COC(C)(C)C)C2=C(C)C3(CC3)[C@H](C)C(=O)C2=C1. The third-order valence-corrected chi connectivity index (χ3v) is 5.46. The average molecular weight is 286 g/mol. The van der Waals surface area contributed by atoms with E-state index in [4.69, 9.17) is 4.74 Å². The molecule has 0 amide bonds. The highest BCUT2D eigenvalue weighted by molar-refractivity contribution is 6.07. The minimum atomic E-state index is -0.159. The molecule has 0 bridgehead atoms. The molecule has 2 heteroatoms. The summed E-state index contributed by atoms with van der Waals surface area (Å²) in [6.07, 6.45) is 4.40. The van der Waals surface area contributed by atoms with Crippen LogP contribution in [0.4, 0.5) is 0 Å². The van der Waals surface area contributed by atoms with Crippen LogP contribution in [0.3, 0.4) is 0 Å². The van der Waals surface area contributed by atoms with E-state index >= 15 is 0 Å². The van der Waals surface area contributed by atoms with Crippen LogP contribution in [0.1, 0.15) is 54.4 Å². The molecule has 2 nitrogen and oxygen atoms in total. The first kappa shape index (κ1) is 14.8. The molecule has 3 aliphatic carbocycles. The van der Waals surface area contributed by atoms with Crippen LogP contribution >= 0.6 is 0 Å². The zero-order chi connectivity index (χ0) is 15.6. The summed E-state index contributed by atoms with van der Waals surface area (Å²) in [5.74, 6) is 0.474. The molecule has 0 aromatic carbocycles. The number of allylic oxidation sites excluding steroid dienone is 4. The highest BCUT2D eigenvalue weighted by Gasteiger charge is 2.56. The maximum atomic E-state index is 12.7. The first-order valence-corrected chi connectivity index (χ1v) is 7.99. The Morgan fingerprint density at radius 2 is 1.90 bits per heavy atom. The molecule has 3 aliphatic rings. The number of ketones is 1. The molecule has 0 N–H and O–H groups in total. The summed E-state index contributed by atoms with van der Waals surface area (Å²) < 4.78 is 5.99. The fourth-order valence-electron chi connectivity index (χ4n) is 3.83. The van der Waals surface area contributed by atoms with E-state index in [1.54, 1.807) is 0 Å². The van der Waals surface area contributed by atoms with Crippen LogP contribution in [0, 0.1) is 11.3 Å². The second-order valence-electron chi connectivity index (χ2n) is 7.86. The van der Waals surface area contributed by atoms with E-state index in [0.29, 0.717) is 12.4 Å². The van der Waals surface area contributed by atoms with Crippen molar-refractivity contribution in [2.24, 2.45) is 11.3 Å². The van der Waals surface area contributed by atoms with Crippen molar-refractivity contribution < 1.29 is 9.53 Å². The van der Waals surface area contributed by atoms with E-state index in [0.717, 1.165) is 18.4 Å². The van der Waals surface area contributed by atoms with Gasteiger partial charge in [-0.2, -0.15) is 0 Å². The van der Waals surface area contributed by atoms with Gasteiger partial charge in [-0.3, -0.25) is 4.79 Å². The number of rotatable bonds is 2. The highest BCUT2D eigenvalue weighted by atomic mass is 16.5. The molecular formula is C19H26O2. The van der Waals surface area contributed by atoms with Crippen LogP contribution in [0.25, 0.3) is 0 Å². The Kier molecular flexibility index (Phi) is 3.11. The Morgan fingerprint density at radius 3 is 2.43 bits per heavy atom. The fraction of sp³-hybridized carbons (Fsp3) is 0.632. The van der Waals surface area contributed by atoms with Gasteiger partial charge in [-0.25, -0.2) is 0 Å². The number of Topliss-reactive ketones (excluding diaryl/α,β-unsaturated/α-hetero) is 1. The minimum Gasteiger partial charge on any atom is -0.371 e. The average Bonchev–Trinajstić information content (AvgIpc) is 3.11. The molecule has 0 unspecified atom stereocenters. The zero-order valence-electron chi connectivity index (χ0n) is 14.1.